The van der Waals surface area contributed by atoms with E-state index < -0.39 is 6.04 Å². The third kappa shape index (κ3) is 25.2. The Morgan fingerprint density at radius 1 is 0.472 bits per heavy atom. The summed E-state index contributed by atoms with van der Waals surface area (Å²) in [6.07, 6.45) is 28.1. The summed E-state index contributed by atoms with van der Waals surface area (Å²) in [6, 6.07) is 34.1. The van der Waals surface area contributed by atoms with Gasteiger partial charge in [0.15, 0.2) is 20.5 Å². The number of likely N-dealkylation sites (tertiary alicyclic amines) is 4. The van der Waals surface area contributed by atoms with E-state index in [4.69, 9.17) is 25.4 Å². The Labute approximate surface area is 874 Å². The van der Waals surface area contributed by atoms with Crippen LogP contribution in [0.4, 0.5) is 38.0 Å². The third-order valence-electron chi connectivity index (χ3n) is 25.0. The van der Waals surface area contributed by atoms with Gasteiger partial charge in [-0.1, -0.05) is 156 Å². The summed E-state index contributed by atoms with van der Waals surface area (Å²) < 4.78 is 26.2. The summed E-state index contributed by atoms with van der Waals surface area (Å²) >= 11 is 13.7. The molecular formula is C105H109N19O11S9. The molecule has 8 aromatic heterocycles. The van der Waals surface area contributed by atoms with Crippen LogP contribution < -0.4 is 40.2 Å². The molecule has 0 unspecified atom stereocenters. The number of aromatic nitrogens is 7. The lowest BCUT2D eigenvalue weighted by Gasteiger charge is -2.48. The molecule has 14 heterocycles. The molecule has 18 rings (SSSR count). The molecule has 744 valence electrons. The number of allylic oxidation sites excluding steroid dienone is 2. The quantitative estimate of drug-likeness (QED) is 0.0178. The lowest BCUT2D eigenvalue weighted by molar-refractivity contribution is -0.129. The predicted molar refractivity (Wildman–Crippen MR) is 576 cm³/mol. The molecule has 4 atom stereocenters. The summed E-state index contributed by atoms with van der Waals surface area (Å²) in [5.41, 5.74) is 8.57. The van der Waals surface area contributed by atoms with E-state index in [0.29, 0.717) is 108 Å². The number of hydrogen-bond acceptors (Lipinski definition) is 32. The molecule has 0 aliphatic carbocycles. The second-order valence-corrected chi connectivity index (χ2v) is 44.6. The second-order valence-electron chi connectivity index (χ2n) is 34.3. The van der Waals surface area contributed by atoms with Gasteiger partial charge in [-0.05, 0) is 196 Å². The van der Waals surface area contributed by atoms with E-state index in [1.165, 1.54) is 92.4 Å². The van der Waals surface area contributed by atoms with Crippen LogP contribution in [0, 0.1) is 45.5 Å². The number of hydrogen-bond donors (Lipinski definition) is 4. The van der Waals surface area contributed by atoms with Crippen molar-refractivity contribution in [1.82, 2.24) is 74.1 Å². The van der Waals surface area contributed by atoms with Gasteiger partial charge in [-0.2, -0.15) is 11.3 Å². The normalized spacial score (nSPS) is 16.2. The van der Waals surface area contributed by atoms with Gasteiger partial charge in [-0.15, -0.1) is 6.42 Å². The molecule has 4 N–H and O–H groups in total. The zero-order chi connectivity index (χ0) is 102. The van der Waals surface area contributed by atoms with Crippen molar-refractivity contribution >= 4 is 183 Å². The van der Waals surface area contributed by atoms with Crippen molar-refractivity contribution in [2.24, 2.45) is 5.41 Å². The van der Waals surface area contributed by atoms with Gasteiger partial charge in [0.2, 0.25) is 11.8 Å². The molecule has 144 heavy (non-hydrogen) atoms. The second kappa shape index (κ2) is 48.2. The molecule has 7 amide bonds. The highest BCUT2D eigenvalue weighted by atomic mass is 32.2. The Morgan fingerprint density at radius 2 is 0.896 bits per heavy atom. The Hall–Kier alpha value is -13.6. The van der Waals surface area contributed by atoms with Crippen molar-refractivity contribution in [3.8, 4) is 35.3 Å². The topological polar surface area (TPSA) is 321 Å². The van der Waals surface area contributed by atoms with E-state index in [1.54, 1.807) is 116 Å². The van der Waals surface area contributed by atoms with Crippen LogP contribution >= 0.6 is 104 Å². The Kier molecular flexibility index (Phi) is 35.1. The summed E-state index contributed by atoms with van der Waals surface area (Å²) in [5, 5.41) is 18.9. The van der Waals surface area contributed by atoms with Gasteiger partial charge in [-0.3, -0.25) is 38.9 Å². The van der Waals surface area contributed by atoms with E-state index in [0.717, 1.165) is 142 Å². The highest BCUT2D eigenvalue weighted by molar-refractivity contribution is 8.02. The molecule has 0 saturated carbocycles. The average molecular weight is 2100 g/mol. The molecule has 12 aromatic rings. The molecule has 2 bridgehead atoms. The van der Waals surface area contributed by atoms with Crippen LogP contribution in [-0.4, -0.2) is 247 Å². The van der Waals surface area contributed by atoms with Crippen LogP contribution in [0.5, 0.6) is 23.0 Å². The van der Waals surface area contributed by atoms with Crippen molar-refractivity contribution < 1.29 is 52.5 Å². The molecule has 6 aliphatic rings. The summed E-state index contributed by atoms with van der Waals surface area (Å²) in [4.78, 5) is 140. The van der Waals surface area contributed by atoms with Crippen molar-refractivity contribution in [2.75, 3.05) is 129 Å². The van der Waals surface area contributed by atoms with E-state index in [1.807, 2.05) is 175 Å². The number of amides is 7. The number of likely N-dealkylation sites (N-methyl/N-ethyl adjacent to an activating group) is 1. The average Bonchev–Trinajstić information content (AvgIpc) is 1.53. The monoisotopic (exact) mass is 2100 g/mol. The van der Waals surface area contributed by atoms with Crippen molar-refractivity contribution in [3.63, 3.8) is 0 Å². The lowest BCUT2D eigenvalue weighted by Crippen LogP contribution is -2.59. The van der Waals surface area contributed by atoms with Gasteiger partial charge in [0.05, 0.1) is 110 Å². The first-order chi connectivity index (χ1) is 69.6. The number of thiazole rings is 4. The summed E-state index contributed by atoms with van der Waals surface area (Å²) in [5.74, 6) is 6.27. The van der Waals surface area contributed by atoms with E-state index in [9.17, 15) is 33.6 Å². The maximum Gasteiger partial charge on any atom is 0.258 e. The fourth-order valence-corrected chi connectivity index (χ4v) is 25.8. The van der Waals surface area contributed by atoms with E-state index >= 15 is 0 Å². The van der Waals surface area contributed by atoms with Crippen LogP contribution in [-0.2, 0) is 9.59 Å². The molecular weight excluding hydrogens is 1990 g/mol. The van der Waals surface area contributed by atoms with Crippen molar-refractivity contribution in [2.45, 2.75) is 114 Å². The number of fused-ring (bicyclic) bond motifs is 2. The molecule has 0 radical (unpaired) electrons. The number of carbonyl (C=O) groups is 7. The van der Waals surface area contributed by atoms with Gasteiger partial charge >= 0.3 is 0 Å². The third-order valence-corrected chi connectivity index (χ3v) is 34.4. The SMILES string of the molecule is C#C[C@@H]1CN(C(=O)c2cc(Sc3cnc(Nc4ccccn4)s3)c(C)cc2OC)CCN1C(=O)C=C.C=CC(=C)N1CC[C@@H](N(C)C(=O)c2cc(Sc3cnc(Nc4ccccn4)s3)c(C)cc2OC)C1.C=CC(=C)N1[C@@H]2CC[C@H]1CN(C(=O)c1cc(Sc3cnc(NC(=O)c4ccsc4)s3)c(C)cc1OC)C2.C=CC(=O)N1CCC2(C1)CN(C(=O)c1cc(Sc3cnc(Nc4ccccn4)s3)c(C)cc1OC)C2. The van der Waals surface area contributed by atoms with E-state index in [2.05, 4.69) is 111 Å². The molecule has 6 aliphatic heterocycles. The number of rotatable bonds is 31. The van der Waals surface area contributed by atoms with Crippen LogP contribution in [0.25, 0.3) is 0 Å². The van der Waals surface area contributed by atoms with Gasteiger partial charge in [-0.25, -0.2) is 34.9 Å². The molecule has 6 saturated heterocycles. The number of nitrogens with one attached hydrogen (secondary N) is 4. The first-order valence-corrected chi connectivity index (χ1v) is 53.4. The van der Waals surface area contributed by atoms with Crippen LogP contribution in [0.15, 0.2) is 275 Å². The number of carbonyl (C=O) groups excluding carboxylic acids is 7. The van der Waals surface area contributed by atoms with Crippen LogP contribution in [0.3, 0.4) is 0 Å². The Bertz CT molecular complexity index is 6790. The number of thiophene rings is 1. The summed E-state index contributed by atoms with van der Waals surface area (Å²) in [6.45, 7) is 37.5. The number of ether oxygens (including phenoxy) is 4. The Balaban J connectivity index is 0.000000144. The summed E-state index contributed by atoms with van der Waals surface area (Å²) in [7, 11) is 8.19. The van der Waals surface area contributed by atoms with Crippen molar-refractivity contribution in [1.29, 1.82) is 0 Å². The molecule has 1 spiro atoms. The van der Waals surface area contributed by atoms with Crippen LogP contribution in [0.2, 0.25) is 0 Å². The maximum absolute atomic E-state index is 13.7. The van der Waals surface area contributed by atoms with Gasteiger partial charge in [0, 0.05) is 145 Å². The minimum atomic E-state index is -0.513. The first-order valence-electron chi connectivity index (χ1n) is 45.9. The number of anilines is 7. The number of terminal acetylenes is 1. The number of benzene rings is 4. The molecule has 39 heteroatoms. The lowest BCUT2D eigenvalue weighted by atomic mass is 9.78. The highest BCUT2D eigenvalue weighted by Gasteiger charge is 2.51. The zero-order valence-corrected chi connectivity index (χ0v) is 88.4. The molecule has 30 nitrogen and oxygen atoms in total. The van der Waals surface area contributed by atoms with Gasteiger partial charge in [0.25, 0.3) is 29.5 Å². The largest absolute Gasteiger partial charge is 0.496 e. The number of methoxy groups -OCH3 is 4. The minimum Gasteiger partial charge on any atom is -0.496 e. The Morgan fingerprint density at radius 3 is 1.31 bits per heavy atom. The predicted octanol–water partition coefficient (Wildman–Crippen LogP) is 20.3. The fraction of sp³-hybridized carbons (Fsp3) is 0.276. The molecule has 4 aromatic carbocycles. The van der Waals surface area contributed by atoms with Crippen LogP contribution in [0.1, 0.15) is 99.7 Å². The number of aryl methyl sites for hydroxylation is 4. The van der Waals surface area contributed by atoms with E-state index in [-0.39, 0.29) is 71.4 Å². The first kappa shape index (κ1) is 105. The highest BCUT2D eigenvalue weighted by Crippen LogP contribution is 2.47. The standard InChI is InChI=1S/C27H28N4O3S3.C26H27N5O3S2.C26H25N5O3S2.C26H29N5O2S2/c1-5-17(3)31-19-6-7-20(31)14-30(13-19)26(33)21-11-23(16(2)10-22(21)34-4)36-24-12-28-27(37-24)29-25(32)18-8-9-35-15-18;1-4-22(32)30-10-8-26(14-30)15-31(16-26)24(33)18-12-20(17(2)11-19(18)34-3)35-23-13-28-25(36-23)29-21-7-5-6-9-27-21;1-5-18-16-30(11-12-31(18)23(32)6-2)25(33)19-14-21(17(3)13-20(19)34-4)35-24-15-28-26(36-24)29-22-9-7-8-10-27-22;1-6-18(3)31-12-10-19(16-31)30(4)25(32)20-14-22(17(2)13-21(20)33-5)34-24-15-28-26(35-24)29-23-9-7-8-11-27-23/h5,8-12,15,19-20H,1,3,6-7,13-14H2,2,4H3,(H,28,29,32);4-7,9,11-13H,1,8,10,14-16H2,2-3H3,(H,27,28,29);1,6-10,13-15,18H,2,11-12,16H2,3-4H3,(H,27,28,29);6-9,11,13-15,19H,1,3,10,12,16H2,2,4-5H3,(H,27,28,29)/t19-,20+;;18-;19-/m..11/s1. The number of piperazine rings is 2. The van der Waals surface area contributed by atoms with Gasteiger partial charge in [0.1, 0.15) is 46.5 Å². The number of pyridine rings is 3. The number of nitrogens with zero attached hydrogens (tertiary/aromatic N) is 15. The zero-order valence-electron chi connectivity index (χ0n) is 81.0. The molecule has 6 fully saturated rings. The smallest absolute Gasteiger partial charge is 0.258 e. The maximum atomic E-state index is 13.7. The van der Waals surface area contributed by atoms with Gasteiger partial charge < -0.3 is 74.1 Å². The van der Waals surface area contributed by atoms with Crippen molar-refractivity contribution in [3.05, 3.63) is 289 Å². The minimum absolute atomic E-state index is 0.0104. The fourth-order valence-electron chi connectivity index (χ4n) is 17.4.